The van der Waals surface area contributed by atoms with Crippen LogP contribution >= 0.6 is 0 Å². The summed E-state index contributed by atoms with van der Waals surface area (Å²) in [6.45, 7) is 4.15. The van der Waals surface area contributed by atoms with Crippen molar-refractivity contribution in [2.24, 2.45) is 7.05 Å². The van der Waals surface area contributed by atoms with Crippen LogP contribution in [0.3, 0.4) is 0 Å². The normalized spacial score (nSPS) is 11.0. The molecule has 0 saturated carbocycles. The molecule has 0 aliphatic carbocycles. The molecule has 0 radical (unpaired) electrons. The standard InChI is InChI=1S/C24H21NO/c1-16-14-20-21(15-17(16)2)25(3)23(19-12-8-5-9-13-19)22(24(20)26)18-10-6-4-7-11-18/h4-15H,1-3H3. The van der Waals surface area contributed by atoms with E-state index in [4.69, 9.17) is 0 Å². The molecule has 0 amide bonds. The zero-order valence-corrected chi connectivity index (χ0v) is 15.3. The van der Waals surface area contributed by atoms with Gasteiger partial charge in [-0.15, -0.1) is 0 Å². The van der Waals surface area contributed by atoms with Crippen LogP contribution < -0.4 is 5.43 Å². The molecule has 0 atom stereocenters. The van der Waals surface area contributed by atoms with Crippen molar-refractivity contribution >= 4 is 10.9 Å². The van der Waals surface area contributed by atoms with Crippen LogP contribution in [0.15, 0.2) is 77.6 Å². The summed E-state index contributed by atoms with van der Waals surface area (Å²) in [6.07, 6.45) is 0. The maximum Gasteiger partial charge on any atom is 0.197 e. The fourth-order valence-electron chi connectivity index (χ4n) is 3.60. The van der Waals surface area contributed by atoms with E-state index < -0.39 is 0 Å². The molecule has 1 heterocycles. The summed E-state index contributed by atoms with van der Waals surface area (Å²) in [4.78, 5) is 13.5. The number of hydrogen-bond acceptors (Lipinski definition) is 1. The van der Waals surface area contributed by atoms with Crippen LogP contribution in [0.25, 0.3) is 33.3 Å². The number of hydrogen-bond donors (Lipinski definition) is 0. The summed E-state index contributed by atoms with van der Waals surface area (Å²) in [5, 5.41) is 0.772. The van der Waals surface area contributed by atoms with Crippen molar-refractivity contribution in [1.82, 2.24) is 4.57 Å². The Bertz CT molecular complexity index is 1160. The van der Waals surface area contributed by atoms with Gasteiger partial charge in [-0.3, -0.25) is 4.79 Å². The maximum atomic E-state index is 13.5. The lowest BCUT2D eigenvalue weighted by atomic mass is 9.95. The number of pyridine rings is 1. The Labute approximate surface area is 153 Å². The molecule has 1 aromatic heterocycles. The maximum absolute atomic E-state index is 13.5. The van der Waals surface area contributed by atoms with Gasteiger partial charge in [-0.05, 0) is 48.2 Å². The van der Waals surface area contributed by atoms with E-state index in [-0.39, 0.29) is 5.43 Å². The summed E-state index contributed by atoms with van der Waals surface area (Å²) < 4.78 is 2.15. The molecule has 0 aliphatic heterocycles. The summed E-state index contributed by atoms with van der Waals surface area (Å²) in [5.41, 5.74) is 7.11. The van der Waals surface area contributed by atoms with E-state index in [9.17, 15) is 4.79 Å². The van der Waals surface area contributed by atoms with Gasteiger partial charge in [0.2, 0.25) is 0 Å². The first kappa shape index (κ1) is 16.3. The van der Waals surface area contributed by atoms with Crippen LogP contribution in [0.2, 0.25) is 0 Å². The molecule has 2 nitrogen and oxygen atoms in total. The van der Waals surface area contributed by atoms with Crippen LogP contribution in [0.1, 0.15) is 11.1 Å². The highest BCUT2D eigenvalue weighted by Gasteiger charge is 2.18. The highest BCUT2D eigenvalue weighted by atomic mass is 16.1. The van der Waals surface area contributed by atoms with Gasteiger partial charge >= 0.3 is 0 Å². The van der Waals surface area contributed by atoms with Gasteiger partial charge in [0.05, 0.1) is 16.8 Å². The van der Waals surface area contributed by atoms with E-state index >= 15 is 0 Å². The van der Waals surface area contributed by atoms with E-state index in [1.54, 1.807) is 0 Å². The van der Waals surface area contributed by atoms with Gasteiger partial charge in [-0.2, -0.15) is 0 Å². The molecule has 0 N–H and O–H groups in total. The lowest BCUT2D eigenvalue weighted by Gasteiger charge is -2.19. The van der Waals surface area contributed by atoms with Crippen LogP contribution in [0.5, 0.6) is 0 Å². The zero-order chi connectivity index (χ0) is 18.3. The molecule has 4 rings (SSSR count). The molecular weight excluding hydrogens is 318 g/mol. The minimum Gasteiger partial charge on any atom is -0.343 e. The first-order chi connectivity index (χ1) is 12.6. The fourth-order valence-corrected chi connectivity index (χ4v) is 3.60. The smallest absolute Gasteiger partial charge is 0.197 e. The number of rotatable bonds is 2. The van der Waals surface area contributed by atoms with E-state index in [0.29, 0.717) is 0 Å². The second kappa shape index (κ2) is 6.30. The number of aryl methyl sites for hydroxylation is 3. The van der Waals surface area contributed by atoms with Crippen LogP contribution in [0, 0.1) is 13.8 Å². The lowest BCUT2D eigenvalue weighted by Crippen LogP contribution is -2.14. The van der Waals surface area contributed by atoms with Crippen molar-refractivity contribution in [2.75, 3.05) is 0 Å². The summed E-state index contributed by atoms with van der Waals surface area (Å²) in [6, 6.07) is 24.2. The zero-order valence-electron chi connectivity index (χ0n) is 15.3. The molecule has 0 bridgehead atoms. The monoisotopic (exact) mass is 339 g/mol. The predicted octanol–water partition coefficient (Wildman–Crippen LogP) is 5.49. The van der Waals surface area contributed by atoms with Gasteiger partial charge in [0, 0.05) is 12.4 Å². The molecule has 0 fully saturated rings. The van der Waals surface area contributed by atoms with Crippen molar-refractivity contribution in [1.29, 1.82) is 0 Å². The van der Waals surface area contributed by atoms with Crippen LogP contribution in [-0.4, -0.2) is 4.57 Å². The van der Waals surface area contributed by atoms with Crippen molar-refractivity contribution in [3.8, 4) is 22.4 Å². The Kier molecular flexibility index (Phi) is 3.96. The molecule has 2 heteroatoms. The molecule has 0 unspecified atom stereocenters. The van der Waals surface area contributed by atoms with Crippen molar-refractivity contribution in [2.45, 2.75) is 13.8 Å². The van der Waals surface area contributed by atoms with Crippen molar-refractivity contribution < 1.29 is 0 Å². The Morgan fingerprint density at radius 2 is 1.27 bits per heavy atom. The molecule has 0 aliphatic rings. The minimum atomic E-state index is 0.0891. The van der Waals surface area contributed by atoms with Gasteiger partial charge in [0.1, 0.15) is 0 Å². The van der Waals surface area contributed by atoms with Gasteiger partial charge in [-0.1, -0.05) is 60.7 Å². The molecule has 4 aromatic rings. The largest absolute Gasteiger partial charge is 0.343 e. The van der Waals surface area contributed by atoms with Gasteiger partial charge in [-0.25, -0.2) is 0 Å². The van der Waals surface area contributed by atoms with Gasteiger partial charge in [0.25, 0.3) is 0 Å². The molecule has 0 spiro atoms. The Morgan fingerprint density at radius 3 is 1.88 bits per heavy atom. The average Bonchev–Trinajstić information content (AvgIpc) is 2.67. The second-order valence-electron chi connectivity index (χ2n) is 6.80. The van der Waals surface area contributed by atoms with Crippen LogP contribution in [0.4, 0.5) is 0 Å². The lowest BCUT2D eigenvalue weighted by molar-refractivity contribution is 0.960. The third-order valence-electron chi connectivity index (χ3n) is 5.13. The number of fused-ring (bicyclic) bond motifs is 1. The quantitative estimate of drug-likeness (QED) is 0.473. The molecule has 0 saturated heterocycles. The average molecular weight is 339 g/mol. The number of benzene rings is 3. The van der Waals surface area contributed by atoms with E-state index in [1.165, 1.54) is 5.56 Å². The van der Waals surface area contributed by atoms with Gasteiger partial charge in [0.15, 0.2) is 5.43 Å². The Hall–Kier alpha value is -3.13. The van der Waals surface area contributed by atoms with E-state index in [1.807, 2.05) is 61.6 Å². The SMILES string of the molecule is Cc1cc2c(=O)c(-c3ccccc3)c(-c3ccccc3)n(C)c2cc1C. The van der Waals surface area contributed by atoms with Crippen molar-refractivity contribution in [3.05, 3.63) is 94.1 Å². The second-order valence-corrected chi connectivity index (χ2v) is 6.80. The summed E-state index contributed by atoms with van der Waals surface area (Å²) in [5.74, 6) is 0. The van der Waals surface area contributed by atoms with E-state index in [0.717, 1.165) is 38.9 Å². The first-order valence-electron chi connectivity index (χ1n) is 8.82. The highest BCUT2D eigenvalue weighted by molar-refractivity contribution is 5.92. The van der Waals surface area contributed by atoms with Crippen LogP contribution in [-0.2, 0) is 7.05 Å². The topological polar surface area (TPSA) is 22.0 Å². The Balaban J connectivity index is 2.22. The fraction of sp³-hybridized carbons (Fsp3) is 0.125. The first-order valence-corrected chi connectivity index (χ1v) is 8.82. The Morgan fingerprint density at radius 1 is 0.731 bits per heavy atom. The van der Waals surface area contributed by atoms with Crippen molar-refractivity contribution in [3.63, 3.8) is 0 Å². The molecular formula is C24H21NO. The number of aromatic nitrogens is 1. The third-order valence-corrected chi connectivity index (χ3v) is 5.13. The molecule has 128 valence electrons. The third kappa shape index (κ3) is 2.55. The molecule has 26 heavy (non-hydrogen) atoms. The summed E-state index contributed by atoms with van der Waals surface area (Å²) >= 11 is 0. The number of nitrogens with zero attached hydrogens (tertiary/aromatic N) is 1. The minimum absolute atomic E-state index is 0.0891. The predicted molar refractivity (Wildman–Crippen MR) is 110 cm³/mol. The van der Waals surface area contributed by atoms with Gasteiger partial charge < -0.3 is 4.57 Å². The highest BCUT2D eigenvalue weighted by Crippen LogP contribution is 2.32. The summed E-state index contributed by atoms with van der Waals surface area (Å²) in [7, 11) is 2.05. The van der Waals surface area contributed by atoms with E-state index in [2.05, 4.69) is 36.6 Å². The molecule has 3 aromatic carbocycles.